The number of aryl methyl sites for hydroxylation is 1. The Hall–Kier alpha value is -1.62. The van der Waals surface area contributed by atoms with Crippen molar-refractivity contribution < 1.29 is 19.4 Å². The lowest BCUT2D eigenvalue weighted by Gasteiger charge is -2.11. The van der Waals surface area contributed by atoms with E-state index in [1.165, 1.54) is 6.07 Å². The molecule has 1 aromatic rings. The maximum Gasteiger partial charge on any atom is 0.341 e. The van der Waals surface area contributed by atoms with Crippen LogP contribution in [-0.2, 0) is 4.74 Å². The molecule has 2 rings (SSSR count). The summed E-state index contributed by atoms with van der Waals surface area (Å²) < 4.78 is 10.7. The number of aromatic nitrogens is 1. The van der Waals surface area contributed by atoms with Gasteiger partial charge in [0.05, 0.1) is 13.2 Å². The topological polar surface area (TPSA) is 68.7 Å². The number of hydrogen-bond acceptors (Lipinski definition) is 4. The maximum atomic E-state index is 11.0. The number of carboxylic acids is 1. The third kappa shape index (κ3) is 2.94. The van der Waals surface area contributed by atoms with Gasteiger partial charge in [0.1, 0.15) is 5.56 Å². The van der Waals surface area contributed by atoms with Gasteiger partial charge in [0, 0.05) is 18.2 Å². The van der Waals surface area contributed by atoms with Crippen LogP contribution in [0.25, 0.3) is 0 Å². The van der Waals surface area contributed by atoms with Crippen molar-refractivity contribution in [3.63, 3.8) is 0 Å². The lowest BCUT2D eigenvalue weighted by molar-refractivity contribution is 0.0689. The zero-order chi connectivity index (χ0) is 12.3. The normalized spacial score (nSPS) is 19.2. The molecule has 1 fully saturated rings. The molecule has 92 valence electrons. The Balaban J connectivity index is 2.07. The smallest absolute Gasteiger partial charge is 0.341 e. The highest BCUT2D eigenvalue weighted by atomic mass is 16.5. The summed E-state index contributed by atoms with van der Waals surface area (Å²) in [6, 6.07) is 3.18. The monoisotopic (exact) mass is 237 g/mol. The van der Waals surface area contributed by atoms with E-state index in [9.17, 15) is 4.79 Å². The van der Waals surface area contributed by atoms with Crippen molar-refractivity contribution in [3.8, 4) is 5.88 Å². The lowest BCUT2D eigenvalue weighted by atomic mass is 10.1. The van der Waals surface area contributed by atoms with Crippen molar-refractivity contribution in [2.24, 2.45) is 5.92 Å². The Labute approximate surface area is 99.4 Å². The van der Waals surface area contributed by atoms with Crippen LogP contribution in [0.4, 0.5) is 0 Å². The van der Waals surface area contributed by atoms with Gasteiger partial charge >= 0.3 is 5.97 Å². The quantitative estimate of drug-likeness (QED) is 0.859. The number of hydrogen-bond donors (Lipinski definition) is 1. The van der Waals surface area contributed by atoms with Crippen molar-refractivity contribution in [2.45, 2.75) is 13.3 Å². The third-order valence-electron chi connectivity index (χ3n) is 2.71. The van der Waals surface area contributed by atoms with Crippen LogP contribution in [0.2, 0.25) is 0 Å². The van der Waals surface area contributed by atoms with E-state index in [1.54, 1.807) is 13.0 Å². The zero-order valence-corrected chi connectivity index (χ0v) is 9.68. The van der Waals surface area contributed by atoms with Crippen molar-refractivity contribution >= 4 is 5.97 Å². The fraction of sp³-hybridized carbons (Fsp3) is 0.500. The molecular formula is C12H15NO4. The Morgan fingerprint density at radius 1 is 1.65 bits per heavy atom. The summed E-state index contributed by atoms with van der Waals surface area (Å²) in [4.78, 5) is 15.1. The second kappa shape index (κ2) is 5.14. The first kappa shape index (κ1) is 11.9. The van der Waals surface area contributed by atoms with Crippen LogP contribution in [0.1, 0.15) is 22.5 Å². The molecule has 0 radical (unpaired) electrons. The summed E-state index contributed by atoms with van der Waals surface area (Å²) in [6.07, 6.45) is 0.953. The second-order valence-electron chi connectivity index (χ2n) is 4.15. The van der Waals surface area contributed by atoms with Crippen LogP contribution in [0.15, 0.2) is 12.1 Å². The molecule has 0 bridgehead atoms. The van der Waals surface area contributed by atoms with Crippen LogP contribution in [0.3, 0.4) is 0 Å². The van der Waals surface area contributed by atoms with Gasteiger partial charge in [-0.2, -0.15) is 0 Å². The summed E-state index contributed by atoms with van der Waals surface area (Å²) in [5.74, 6) is -0.487. The Morgan fingerprint density at radius 2 is 2.47 bits per heavy atom. The molecule has 1 aliphatic heterocycles. The van der Waals surface area contributed by atoms with Gasteiger partial charge in [0.15, 0.2) is 0 Å². The van der Waals surface area contributed by atoms with E-state index >= 15 is 0 Å². The lowest BCUT2D eigenvalue weighted by Crippen LogP contribution is -2.14. The Bertz CT molecular complexity index is 413. The summed E-state index contributed by atoms with van der Waals surface area (Å²) in [5, 5.41) is 9.00. The molecule has 2 heterocycles. The van der Waals surface area contributed by atoms with Gasteiger partial charge < -0.3 is 14.6 Å². The molecule has 1 aromatic heterocycles. The van der Waals surface area contributed by atoms with Crippen molar-refractivity contribution in [1.29, 1.82) is 0 Å². The third-order valence-corrected chi connectivity index (χ3v) is 2.71. The predicted octanol–water partition coefficient (Wildman–Crippen LogP) is 1.50. The van der Waals surface area contributed by atoms with Gasteiger partial charge in [-0.25, -0.2) is 9.78 Å². The van der Waals surface area contributed by atoms with Crippen LogP contribution >= 0.6 is 0 Å². The molecule has 0 amide bonds. The highest BCUT2D eigenvalue weighted by Crippen LogP contribution is 2.19. The molecule has 1 unspecified atom stereocenters. The number of nitrogens with zero attached hydrogens (tertiary/aromatic N) is 1. The molecule has 1 saturated heterocycles. The fourth-order valence-electron chi connectivity index (χ4n) is 1.72. The van der Waals surface area contributed by atoms with Gasteiger partial charge in [-0.1, -0.05) is 0 Å². The van der Waals surface area contributed by atoms with Crippen molar-refractivity contribution in [1.82, 2.24) is 4.98 Å². The van der Waals surface area contributed by atoms with Crippen LogP contribution in [-0.4, -0.2) is 35.9 Å². The summed E-state index contributed by atoms with van der Waals surface area (Å²) in [5.41, 5.74) is 0.849. The minimum atomic E-state index is -1.02. The second-order valence-corrected chi connectivity index (χ2v) is 4.15. The minimum Gasteiger partial charge on any atom is -0.477 e. The van der Waals surface area contributed by atoms with Crippen LogP contribution < -0.4 is 4.74 Å². The molecule has 1 aliphatic rings. The number of carbonyl (C=O) groups is 1. The average Bonchev–Trinajstić information content (AvgIpc) is 2.78. The highest BCUT2D eigenvalue weighted by Gasteiger charge is 2.19. The van der Waals surface area contributed by atoms with Crippen molar-refractivity contribution in [2.75, 3.05) is 19.8 Å². The standard InChI is InChI=1S/C12H15NO4/c1-8-2-3-10(12(14)15)11(13-8)17-7-9-4-5-16-6-9/h2-3,9H,4-7H2,1H3,(H,14,15). The molecule has 1 atom stereocenters. The van der Waals surface area contributed by atoms with E-state index in [1.807, 2.05) is 0 Å². The SMILES string of the molecule is Cc1ccc(C(=O)O)c(OCC2CCOC2)n1. The largest absolute Gasteiger partial charge is 0.477 e. The van der Waals surface area contributed by atoms with Gasteiger partial charge in [0.2, 0.25) is 5.88 Å². The first-order valence-corrected chi connectivity index (χ1v) is 5.58. The molecule has 5 nitrogen and oxygen atoms in total. The van der Waals surface area contributed by atoms with Crippen molar-refractivity contribution in [3.05, 3.63) is 23.4 Å². The fourth-order valence-corrected chi connectivity index (χ4v) is 1.72. The number of rotatable bonds is 4. The Morgan fingerprint density at radius 3 is 3.12 bits per heavy atom. The molecule has 0 spiro atoms. The molecule has 0 saturated carbocycles. The molecule has 17 heavy (non-hydrogen) atoms. The molecule has 5 heteroatoms. The predicted molar refractivity (Wildman–Crippen MR) is 60.4 cm³/mol. The summed E-state index contributed by atoms with van der Waals surface area (Å²) in [7, 11) is 0. The number of ether oxygens (including phenoxy) is 2. The highest BCUT2D eigenvalue weighted by molar-refractivity contribution is 5.90. The zero-order valence-electron chi connectivity index (χ0n) is 9.68. The first-order valence-electron chi connectivity index (χ1n) is 5.58. The molecule has 1 N–H and O–H groups in total. The van der Waals surface area contributed by atoms with Gasteiger partial charge in [-0.3, -0.25) is 0 Å². The van der Waals surface area contributed by atoms with E-state index in [-0.39, 0.29) is 11.4 Å². The first-order chi connectivity index (χ1) is 8.16. The Kier molecular flexibility index (Phi) is 3.58. The molecule has 0 aliphatic carbocycles. The maximum absolute atomic E-state index is 11.0. The van der Waals surface area contributed by atoms with E-state index < -0.39 is 5.97 Å². The van der Waals surface area contributed by atoms with Gasteiger partial charge in [0.25, 0.3) is 0 Å². The summed E-state index contributed by atoms with van der Waals surface area (Å²) in [6.45, 7) is 3.68. The van der Waals surface area contributed by atoms with Crippen LogP contribution in [0.5, 0.6) is 5.88 Å². The number of pyridine rings is 1. The van der Waals surface area contributed by atoms with Gasteiger partial charge in [-0.15, -0.1) is 0 Å². The molecule has 0 aromatic carbocycles. The summed E-state index contributed by atoms with van der Waals surface area (Å²) >= 11 is 0. The molecular weight excluding hydrogens is 222 g/mol. The van der Waals surface area contributed by atoms with E-state index in [2.05, 4.69) is 4.98 Å². The van der Waals surface area contributed by atoms with E-state index in [4.69, 9.17) is 14.6 Å². The number of carboxylic acid groups (broad SMARTS) is 1. The minimum absolute atomic E-state index is 0.106. The van der Waals surface area contributed by atoms with E-state index in [0.717, 1.165) is 18.7 Å². The number of aromatic carboxylic acids is 1. The van der Waals surface area contributed by atoms with Crippen LogP contribution in [0, 0.1) is 12.8 Å². The van der Waals surface area contributed by atoms with E-state index in [0.29, 0.717) is 19.1 Å². The van der Waals surface area contributed by atoms with Gasteiger partial charge in [-0.05, 0) is 25.5 Å². The average molecular weight is 237 g/mol.